The van der Waals surface area contributed by atoms with Gasteiger partial charge in [0, 0.05) is 36.4 Å². The third-order valence-corrected chi connectivity index (χ3v) is 4.77. The fourth-order valence-corrected chi connectivity index (χ4v) is 3.71. The van der Waals surface area contributed by atoms with Crippen LogP contribution >= 0.6 is 11.3 Å². The van der Waals surface area contributed by atoms with Gasteiger partial charge in [-0.3, -0.25) is 0 Å². The molecule has 0 aromatic carbocycles. The topological polar surface area (TPSA) is 50.2 Å². The van der Waals surface area contributed by atoms with Crippen molar-refractivity contribution in [2.75, 3.05) is 6.54 Å². The van der Waals surface area contributed by atoms with Gasteiger partial charge in [-0.05, 0) is 31.2 Å². The number of nitrogens with one attached hydrogen (secondary N) is 1. The van der Waals surface area contributed by atoms with Gasteiger partial charge in [0.25, 0.3) is 0 Å². The average Bonchev–Trinajstić information content (AvgIpc) is 3.20. The minimum absolute atomic E-state index is 0.0403. The Labute approximate surface area is 128 Å². The zero-order valence-electron chi connectivity index (χ0n) is 12.1. The van der Waals surface area contributed by atoms with Crippen LogP contribution in [0.25, 0.3) is 0 Å². The summed E-state index contributed by atoms with van der Waals surface area (Å²) < 4.78 is 1.98. The van der Waals surface area contributed by atoms with Gasteiger partial charge in [-0.1, -0.05) is 6.07 Å². The number of thiophene rings is 1. The van der Waals surface area contributed by atoms with E-state index in [-0.39, 0.29) is 18.1 Å². The predicted molar refractivity (Wildman–Crippen MR) is 83.2 cm³/mol. The van der Waals surface area contributed by atoms with Gasteiger partial charge in [-0.25, -0.2) is 9.78 Å². The van der Waals surface area contributed by atoms with Gasteiger partial charge in [-0.15, -0.1) is 11.3 Å². The summed E-state index contributed by atoms with van der Waals surface area (Å²) >= 11 is 1.73. The Bertz CT molecular complexity index is 567. The number of amides is 2. The Balaban J connectivity index is 1.59. The molecule has 1 N–H and O–H groups in total. The highest BCUT2D eigenvalue weighted by atomic mass is 32.1. The second-order valence-corrected chi connectivity index (χ2v) is 6.46. The van der Waals surface area contributed by atoms with Gasteiger partial charge in [0.15, 0.2) is 0 Å². The summed E-state index contributed by atoms with van der Waals surface area (Å²) in [6, 6.07) is 4.53. The second kappa shape index (κ2) is 6.30. The number of rotatable bonds is 4. The van der Waals surface area contributed by atoms with Crippen LogP contribution in [0.3, 0.4) is 0 Å². The highest BCUT2D eigenvalue weighted by Crippen LogP contribution is 2.34. The van der Waals surface area contributed by atoms with Gasteiger partial charge < -0.3 is 14.8 Å². The van der Waals surface area contributed by atoms with Crippen LogP contribution in [0.5, 0.6) is 0 Å². The molecule has 1 saturated heterocycles. The number of urea groups is 1. The van der Waals surface area contributed by atoms with Crippen LogP contribution in [0.2, 0.25) is 0 Å². The highest BCUT2D eigenvalue weighted by Gasteiger charge is 2.30. The van der Waals surface area contributed by atoms with Gasteiger partial charge in [0.1, 0.15) is 0 Å². The number of imidazole rings is 1. The maximum Gasteiger partial charge on any atom is 0.318 e. The van der Waals surface area contributed by atoms with E-state index in [1.165, 1.54) is 4.88 Å². The Morgan fingerprint density at radius 3 is 3.24 bits per heavy atom. The molecule has 112 valence electrons. The Morgan fingerprint density at radius 2 is 2.52 bits per heavy atom. The first kappa shape index (κ1) is 14.1. The first-order chi connectivity index (χ1) is 10.2. The number of aromatic nitrogens is 2. The van der Waals surface area contributed by atoms with E-state index in [2.05, 4.69) is 27.8 Å². The summed E-state index contributed by atoms with van der Waals surface area (Å²) in [5.41, 5.74) is 0. The van der Waals surface area contributed by atoms with Crippen molar-refractivity contribution in [1.29, 1.82) is 0 Å². The summed E-state index contributed by atoms with van der Waals surface area (Å²) in [5.74, 6) is 0. The molecule has 6 heteroatoms. The lowest BCUT2D eigenvalue weighted by atomic mass is 10.2. The quantitative estimate of drug-likeness (QED) is 0.944. The molecule has 2 atom stereocenters. The van der Waals surface area contributed by atoms with Crippen molar-refractivity contribution >= 4 is 17.4 Å². The maximum atomic E-state index is 12.5. The first-order valence-electron chi connectivity index (χ1n) is 7.30. The van der Waals surface area contributed by atoms with Crippen LogP contribution in [0.15, 0.2) is 36.2 Å². The number of carbonyl (C=O) groups excluding carboxylic acids is 1. The number of carbonyl (C=O) groups is 1. The largest absolute Gasteiger partial charge is 0.335 e. The lowest BCUT2D eigenvalue weighted by Crippen LogP contribution is -2.44. The minimum atomic E-state index is 0.0403. The maximum absolute atomic E-state index is 12.5. The van der Waals surface area contributed by atoms with Gasteiger partial charge in [0.05, 0.1) is 12.4 Å². The van der Waals surface area contributed by atoms with Crippen molar-refractivity contribution in [3.05, 3.63) is 41.1 Å². The SMILES string of the molecule is C[C@@H](Cn1ccnc1)NC(=O)N1CCC[C@@H]1c1cccs1. The molecule has 0 bridgehead atoms. The fraction of sp³-hybridized carbons (Fsp3) is 0.467. The molecule has 5 nitrogen and oxygen atoms in total. The van der Waals surface area contributed by atoms with Crippen molar-refractivity contribution in [2.45, 2.75) is 38.4 Å². The number of likely N-dealkylation sites (tertiary alicyclic amines) is 1. The monoisotopic (exact) mass is 304 g/mol. The molecule has 2 amide bonds. The van der Waals surface area contributed by atoms with Crippen molar-refractivity contribution in [1.82, 2.24) is 19.8 Å². The molecule has 3 rings (SSSR count). The van der Waals surface area contributed by atoms with E-state index >= 15 is 0 Å². The molecule has 2 aromatic rings. The number of nitrogens with zero attached hydrogens (tertiary/aromatic N) is 3. The molecule has 0 aliphatic carbocycles. The van der Waals surface area contributed by atoms with E-state index in [0.717, 1.165) is 25.9 Å². The summed E-state index contributed by atoms with van der Waals surface area (Å²) in [4.78, 5) is 19.8. The van der Waals surface area contributed by atoms with E-state index < -0.39 is 0 Å². The lowest BCUT2D eigenvalue weighted by molar-refractivity contribution is 0.189. The molecule has 0 spiro atoms. The van der Waals surface area contributed by atoms with Crippen LogP contribution in [-0.4, -0.2) is 33.1 Å². The van der Waals surface area contributed by atoms with Gasteiger partial charge >= 0.3 is 6.03 Å². The van der Waals surface area contributed by atoms with Gasteiger partial charge in [-0.2, -0.15) is 0 Å². The van der Waals surface area contributed by atoms with E-state index in [0.29, 0.717) is 0 Å². The smallest absolute Gasteiger partial charge is 0.318 e. The molecule has 0 saturated carbocycles. The lowest BCUT2D eigenvalue weighted by Gasteiger charge is -2.26. The Hall–Kier alpha value is -1.82. The summed E-state index contributed by atoms with van der Waals surface area (Å²) in [6.07, 6.45) is 7.57. The van der Waals surface area contributed by atoms with E-state index in [1.54, 1.807) is 23.9 Å². The van der Waals surface area contributed by atoms with Crippen molar-refractivity contribution in [3.8, 4) is 0 Å². The summed E-state index contributed by atoms with van der Waals surface area (Å²) in [6.45, 7) is 3.60. The highest BCUT2D eigenvalue weighted by molar-refractivity contribution is 7.10. The minimum Gasteiger partial charge on any atom is -0.335 e. The second-order valence-electron chi connectivity index (χ2n) is 5.48. The number of hydrogen-bond donors (Lipinski definition) is 1. The van der Waals surface area contributed by atoms with Crippen LogP contribution < -0.4 is 5.32 Å². The zero-order chi connectivity index (χ0) is 14.7. The molecule has 0 unspecified atom stereocenters. The molecule has 3 heterocycles. The molecule has 1 aliphatic rings. The molecular formula is C15H20N4OS. The Kier molecular flexibility index (Phi) is 4.24. The molecular weight excluding hydrogens is 284 g/mol. The van der Waals surface area contributed by atoms with E-state index in [1.807, 2.05) is 22.6 Å². The van der Waals surface area contributed by atoms with Crippen LogP contribution in [0, 0.1) is 0 Å². The summed E-state index contributed by atoms with van der Waals surface area (Å²) in [7, 11) is 0. The molecule has 21 heavy (non-hydrogen) atoms. The molecule has 1 fully saturated rings. The van der Waals surface area contributed by atoms with E-state index in [4.69, 9.17) is 0 Å². The average molecular weight is 304 g/mol. The molecule has 0 radical (unpaired) electrons. The van der Waals surface area contributed by atoms with E-state index in [9.17, 15) is 4.79 Å². The van der Waals surface area contributed by atoms with Crippen molar-refractivity contribution in [2.24, 2.45) is 0 Å². The predicted octanol–water partition coefficient (Wildman–Crippen LogP) is 2.88. The molecule has 1 aliphatic heterocycles. The fourth-order valence-electron chi connectivity index (χ4n) is 2.84. The summed E-state index contributed by atoms with van der Waals surface area (Å²) in [5, 5.41) is 5.17. The zero-order valence-corrected chi connectivity index (χ0v) is 12.9. The van der Waals surface area contributed by atoms with Crippen LogP contribution in [0.1, 0.15) is 30.7 Å². The van der Waals surface area contributed by atoms with Crippen molar-refractivity contribution < 1.29 is 4.79 Å². The number of hydrogen-bond acceptors (Lipinski definition) is 3. The Morgan fingerprint density at radius 1 is 1.62 bits per heavy atom. The van der Waals surface area contributed by atoms with Gasteiger partial charge in [0.2, 0.25) is 0 Å². The normalized spacial score (nSPS) is 19.7. The first-order valence-corrected chi connectivity index (χ1v) is 8.18. The van der Waals surface area contributed by atoms with Crippen LogP contribution in [0.4, 0.5) is 4.79 Å². The van der Waals surface area contributed by atoms with Crippen molar-refractivity contribution in [3.63, 3.8) is 0 Å². The molecule has 2 aromatic heterocycles. The third kappa shape index (κ3) is 3.26. The third-order valence-electron chi connectivity index (χ3n) is 3.80. The van der Waals surface area contributed by atoms with Crippen LogP contribution in [-0.2, 0) is 6.54 Å². The standard InChI is InChI=1S/C15H20N4OS/c1-12(10-18-8-6-16-11-18)17-15(20)19-7-2-4-13(19)14-5-3-9-21-14/h3,5-6,8-9,11-13H,2,4,7,10H2,1H3,(H,17,20)/t12-,13+/m0/s1.